The quantitative estimate of drug-likeness (QED) is 0.207. The Hall–Kier alpha value is -4.17. The first kappa shape index (κ1) is 27.9. The first-order valence-electron chi connectivity index (χ1n) is 12.3. The largest absolute Gasteiger partial charge is 0.573 e. The summed E-state index contributed by atoms with van der Waals surface area (Å²) in [5.74, 6) is -2.12. The Balaban J connectivity index is 1.80. The van der Waals surface area contributed by atoms with Gasteiger partial charge in [0.15, 0.2) is 0 Å². The number of alkyl halides is 3. The van der Waals surface area contributed by atoms with Crippen LogP contribution in [0.2, 0.25) is 0 Å². The minimum atomic E-state index is -4.86. The lowest BCUT2D eigenvalue weighted by atomic mass is 9.93. The molecule has 8 heteroatoms. The van der Waals surface area contributed by atoms with E-state index >= 15 is 4.39 Å². The van der Waals surface area contributed by atoms with E-state index in [-0.39, 0.29) is 18.0 Å². The summed E-state index contributed by atoms with van der Waals surface area (Å²) in [6.45, 7) is 2.28. The van der Waals surface area contributed by atoms with Gasteiger partial charge in [-0.3, -0.25) is 9.69 Å². The van der Waals surface area contributed by atoms with E-state index in [4.69, 9.17) is 0 Å². The molecule has 4 rings (SSSR count). The Morgan fingerprint density at radius 1 is 0.872 bits per heavy atom. The second-order valence-electron chi connectivity index (χ2n) is 9.17. The molecular weight excluding hydrogens is 510 g/mol. The van der Waals surface area contributed by atoms with Crippen LogP contribution in [0, 0.1) is 5.82 Å². The number of aliphatic carboxylic acids is 1. The molecule has 0 aliphatic rings. The van der Waals surface area contributed by atoms with E-state index in [0.717, 1.165) is 11.1 Å². The van der Waals surface area contributed by atoms with Crippen molar-refractivity contribution >= 4 is 5.97 Å². The summed E-state index contributed by atoms with van der Waals surface area (Å²) in [6, 6.07) is 27.4. The number of halogens is 4. The molecule has 0 heterocycles. The second kappa shape index (κ2) is 12.1. The number of hydrogen-bond acceptors (Lipinski definition) is 3. The number of rotatable bonds is 10. The van der Waals surface area contributed by atoms with Crippen LogP contribution in [0.15, 0.2) is 103 Å². The Kier molecular flexibility index (Phi) is 8.66. The summed E-state index contributed by atoms with van der Waals surface area (Å²) >= 11 is 0. The van der Waals surface area contributed by atoms with E-state index in [1.54, 1.807) is 6.07 Å². The van der Waals surface area contributed by atoms with E-state index in [9.17, 15) is 23.1 Å². The molecule has 4 nitrogen and oxygen atoms in total. The minimum Gasteiger partial charge on any atom is -0.481 e. The molecule has 0 aromatic heterocycles. The molecule has 4 aromatic rings. The SMILES string of the molecule is CC(c1ccccc1)N(Cc1ccccc1)C(CC(=O)O)c1cc(-c2cccc(OC(F)(F)F)c2)ccc1F. The maximum absolute atomic E-state index is 15.5. The normalized spacial score (nSPS) is 13.2. The van der Waals surface area contributed by atoms with Gasteiger partial charge in [0.25, 0.3) is 0 Å². The molecule has 1 N–H and O–H groups in total. The predicted molar refractivity (Wildman–Crippen MR) is 140 cm³/mol. The van der Waals surface area contributed by atoms with Crippen LogP contribution in [0.4, 0.5) is 17.6 Å². The second-order valence-corrected chi connectivity index (χ2v) is 9.17. The zero-order valence-electron chi connectivity index (χ0n) is 21.1. The molecule has 2 unspecified atom stereocenters. The van der Waals surface area contributed by atoms with Crippen molar-refractivity contribution in [3.8, 4) is 16.9 Å². The number of benzene rings is 4. The maximum Gasteiger partial charge on any atom is 0.573 e. The van der Waals surface area contributed by atoms with Crippen LogP contribution in [-0.4, -0.2) is 22.3 Å². The molecule has 0 saturated heterocycles. The van der Waals surface area contributed by atoms with Crippen LogP contribution in [0.1, 0.15) is 42.1 Å². The van der Waals surface area contributed by atoms with E-state index in [1.165, 1.54) is 36.4 Å². The molecule has 202 valence electrons. The average Bonchev–Trinajstić information content (AvgIpc) is 2.91. The van der Waals surface area contributed by atoms with Crippen molar-refractivity contribution in [2.24, 2.45) is 0 Å². The number of carbonyl (C=O) groups is 1. The smallest absolute Gasteiger partial charge is 0.481 e. The number of carboxylic acids is 1. The fourth-order valence-electron chi connectivity index (χ4n) is 4.66. The fraction of sp³-hybridized carbons (Fsp3) is 0.194. The summed E-state index contributed by atoms with van der Waals surface area (Å²) < 4.78 is 57.8. The third kappa shape index (κ3) is 7.45. The monoisotopic (exact) mass is 537 g/mol. The highest BCUT2D eigenvalue weighted by Gasteiger charge is 2.32. The molecule has 39 heavy (non-hydrogen) atoms. The zero-order chi connectivity index (χ0) is 28.0. The van der Waals surface area contributed by atoms with Gasteiger partial charge in [0.2, 0.25) is 0 Å². The van der Waals surface area contributed by atoms with Gasteiger partial charge in [-0.05, 0) is 53.4 Å². The Labute approximate surface area is 224 Å². The molecule has 0 spiro atoms. The van der Waals surface area contributed by atoms with Crippen molar-refractivity contribution in [1.82, 2.24) is 4.90 Å². The van der Waals surface area contributed by atoms with Gasteiger partial charge in [-0.25, -0.2) is 4.39 Å². The zero-order valence-corrected chi connectivity index (χ0v) is 21.1. The van der Waals surface area contributed by atoms with Crippen LogP contribution in [0.5, 0.6) is 5.75 Å². The van der Waals surface area contributed by atoms with Crippen LogP contribution in [0.3, 0.4) is 0 Å². The summed E-state index contributed by atoms with van der Waals surface area (Å²) in [7, 11) is 0. The van der Waals surface area contributed by atoms with E-state index in [2.05, 4.69) is 4.74 Å². The van der Waals surface area contributed by atoms with Gasteiger partial charge in [0.1, 0.15) is 11.6 Å². The first-order chi connectivity index (χ1) is 18.6. The highest BCUT2D eigenvalue weighted by Crippen LogP contribution is 2.38. The lowest BCUT2D eigenvalue weighted by Crippen LogP contribution is -2.33. The van der Waals surface area contributed by atoms with Crippen molar-refractivity contribution in [3.63, 3.8) is 0 Å². The number of ether oxygens (including phenoxy) is 1. The molecular formula is C31H27F4NO3. The van der Waals surface area contributed by atoms with Gasteiger partial charge in [0, 0.05) is 24.2 Å². The molecule has 0 amide bonds. The Morgan fingerprint density at radius 2 is 1.51 bits per heavy atom. The van der Waals surface area contributed by atoms with Crippen LogP contribution in [0.25, 0.3) is 11.1 Å². The molecule has 0 fully saturated rings. The molecule has 2 atom stereocenters. The van der Waals surface area contributed by atoms with E-state index in [0.29, 0.717) is 17.7 Å². The van der Waals surface area contributed by atoms with Crippen molar-refractivity contribution in [1.29, 1.82) is 0 Å². The lowest BCUT2D eigenvalue weighted by Gasteiger charge is -2.37. The van der Waals surface area contributed by atoms with Crippen molar-refractivity contribution in [2.45, 2.75) is 38.3 Å². The van der Waals surface area contributed by atoms with Gasteiger partial charge >= 0.3 is 12.3 Å². The third-order valence-corrected chi connectivity index (χ3v) is 6.51. The topological polar surface area (TPSA) is 49.8 Å². The number of hydrogen-bond donors (Lipinski definition) is 1. The standard InChI is InChI=1S/C31H27F4NO3/c1-21(23-11-6-3-7-12-23)36(20-22-9-4-2-5-10-22)29(19-30(37)38)27-18-25(15-16-28(27)32)24-13-8-14-26(17-24)39-31(33,34)35/h2-18,21,29H,19-20H2,1H3,(H,37,38). The van der Waals surface area contributed by atoms with Crippen LogP contribution >= 0.6 is 0 Å². The molecule has 0 aliphatic carbocycles. The summed E-state index contributed by atoms with van der Waals surface area (Å²) in [4.78, 5) is 14.0. The van der Waals surface area contributed by atoms with Crippen molar-refractivity contribution in [3.05, 3.63) is 126 Å². The van der Waals surface area contributed by atoms with Crippen molar-refractivity contribution in [2.75, 3.05) is 0 Å². The highest BCUT2D eigenvalue weighted by atomic mass is 19.4. The minimum absolute atomic E-state index is 0.135. The summed E-state index contributed by atoms with van der Waals surface area (Å²) in [5, 5.41) is 9.86. The highest BCUT2D eigenvalue weighted by molar-refractivity contribution is 5.69. The Bertz CT molecular complexity index is 1390. The fourth-order valence-corrected chi connectivity index (χ4v) is 4.66. The number of nitrogens with zero attached hydrogens (tertiary/aromatic N) is 1. The molecule has 0 aliphatic heterocycles. The van der Waals surface area contributed by atoms with E-state index in [1.807, 2.05) is 72.5 Å². The molecule has 4 aromatic carbocycles. The summed E-state index contributed by atoms with van der Waals surface area (Å²) in [5.41, 5.74) is 2.79. The van der Waals surface area contributed by atoms with Gasteiger partial charge in [0.05, 0.1) is 6.42 Å². The van der Waals surface area contributed by atoms with Crippen LogP contribution < -0.4 is 4.74 Å². The van der Waals surface area contributed by atoms with Crippen molar-refractivity contribution < 1.29 is 32.2 Å². The average molecular weight is 538 g/mol. The molecule has 0 saturated carbocycles. The molecule has 0 bridgehead atoms. The van der Waals surface area contributed by atoms with Gasteiger partial charge in [-0.1, -0.05) is 78.9 Å². The third-order valence-electron chi connectivity index (χ3n) is 6.51. The first-order valence-corrected chi connectivity index (χ1v) is 12.3. The summed E-state index contributed by atoms with van der Waals surface area (Å²) in [6.07, 6.45) is -5.24. The van der Waals surface area contributed by atoms with Gasteiger partial charge in [-0.15, -0.1) is 13.2 Å². The van der Waals surface area contributed by atoms with Gasteiger partial charge in [-0.2, -0.15) is 0 Å². The van der Waals surface area contributed by atoms with Crippen LogP contribution in [-0.2, 0) is 11.3 Å². The number of carboxylic acid groups (broad SMARTS) is 1. The predicted octanol–water partition coefficient (Wildman–Crippen LogP) is 8.17. The maximum atomic E-state index is 15.5. The van der Waals surface area contributed by atoms with E-state index < -0.39 is 29.9 Å². The molecule has 0 radical (unpaired) electrons. The lowest BCUT2D eigenvalue weighted by molar-refractivity contribution is -0.274. The Morgan fingerprint density at radius 3 is 2.15 bits per heavy atom. The van der Waals surface area contributed by atoms with Gasteiger partial charge < -0.3 is 9.84 Å².